The Hall–Kier alpha value is -19.7. The number of para-hydroxylation sites is 5. The van der Waals surface area contributed by atoms with E-state index in [9.17, 15) is 14.6 Å². The van der Waals surface area contributed by atoms with Crippen LogP contribution in [-0.4, -0.2) is 149 Å². The van der Waals surface area contributed by atoms with Crippen molar-refractivity contribution in [1.29, 1.82) is 0 Å². The van der Waals surface area contributed by atoms with Crippen molar-refractivity contribution in [3.8, 4) is 141 Å². The number of rotatable bonds is 13. The third-order valence-corrected chi connectivity index (χ3v) is 23.2. The van der Waals surface area contributed by atoms with Gasteiger partial charge in [0.1, 0.15) is 29.1 Å². The van der Waals surface area contributed by atoms with Crippen molar-refractivity contribution in [3.63, 3.8) is 0 Å². The summed E-state index contributed by atoms with van der Waals surface area (Å²) >= 11 is 0. The number of hydrogen-bond donors (Lipinski definition) is 8. The van der Waals surface area contributed by atoms with Crippen LogP contribution in [0.2, 0.25) is 0 Å². The van der Waals surface area contributed by atoms with Gasteiger partial charge in [-0.2, -0.15) is 58.3 Å². The number of H-pyrrole nitrogens is 1. The molecule has 0 aliphatic carbocycles. The highest BCUT2D eigenvalue weighted by molar-refractivity contribution is 5.94. The minimum Gasteiger partial charge on any atom is -0.505 e. The number of nitrogens with one attached hydrogen (secondary N) is 1. The molecule has 0 aliphatic rings. The molecule has 17 aromatic heterocycles. The van der Waals surface area contributed by atoms with E-state index in [1.807, 2.05) is 184 Å². The van der Waals surface area contributed by atoms with Crippen molar-refractivity contribution in [1.82, 2.24) is 118 Å². The van der Waals surface area contributed by atoms with Crippen molar-refractivity contribution in [2.24, 2.45) is 7.05 Å². The van der Waals surface area contributed by atoms with Crippen molar-refractivity contribution >= 4 is 112 Å². The highest BCUT2D eigenvalue weighted by Crippen LogP contribution is 2.40. The normalized spacial score (nSPS) is 11.3. The first kappa shape index (κ1) is 85.1. The second-order valence-corrected chi connectivity index (χ2v) is 31.9. The lowest BCUT2D eigenvalue weighted by Crippen LogP contribution is -2.01. The predicted molar refractivity (Wildman–Crippen MR) is 530 cm³/mol. The van der Waals surface area contributed by atoms with Crippen LogP contribution in [0.1, 0.15) is 0 Å². The monoisotopic (exact) mass is 1820 g/mol. The number of fused-ring (bicyclic) bond motifs is 10. The average Bonchev–Trinajstić information content (AvgIpc) is 1.71. The molecular weight excluding hydrogens is 1740 g/mol. The van der Waals surface area contributed by atoms with Gasteiger partial charge in [0.15, 0.2) is 62.8 Å². The van der Waals surface area contributed by atoms with Gasteiger partial charge in [-0.05, 0) is 115 Å². The number of aromatic nitrogens is 24. The number of hydrogen-bond acceptors (Lipinski definition) is 27. The Labute approximate surface area is 781 Å². The van der Waals surface area contributed by atoms with E-state index < -0.39 is 11.6 Å². The number of nitrogens with two attached hydrogens (primary N) is 5. The lowest BCUT2D eigenvalue weighted by molar-refractivity contribution is 0.355. The van der Waals surface area contributed by atoms with E-state index in [2.05, 4.69) is 95.0 Å². The molecular formula is C103H78FN29O5. The molecule has 25 aromatic rings. The average molecular weight is 1820 g/mol. The van der Waals surface area contributed by atoms with Gasteiger partial charge in [-0.15, -0.1) is 0 Å². The molecule has 138 heavy (non-hydrogen) atoms. The Kier molecular flexibility index (Phi) is 22.1. The van der Waals surface area contributed by atoms with E-state index in [0.29, 0.717) is 91.5 Å². The molecule has 0 bridgehead atoms. The first-order chi connectivity index (χ1) is 67.4. The van der Waals surface area contributed by atoms with Crippen molar-refractivity contribution in [2.75, 3.05) is 50.0 Å². The molecule has 0 fully saturated rings. The van der Waals surface area contributed by atoms with Gasteiger partial charge < -0.3 is 53.1 Å². The fraction of sp³-hybridized carbons (Fsp3) is 0.0388. The molecule has 0 spiro atoms. The topological polar surface area (TPSA) is 460 Å². The fourth-order valence-electron chi connectivity index (χ4n) is 16.2. The molecule has 8 aromatic carbocycles. The minimum absolute atomic E-state index is 0.0672. The second kappa shape index (κ2) is 35.9. The van der Waals surface area contributed by atoms with Crippen LogP contribution in [0.25, 0.3) is 195 Å². The second-order valence-electron chi connectivity index (χ2n) is 31.9. The minimum atomic E-state index is -0.717. The molecule has 13 N–H and O–H groups in total. The van der Waals surface area contributed by atoms with Gasteiger partial charge in [-0.1, -0.05) is 91.0 Å². The Morgan fingerprint density at radius 1 is 0.283 bits per heavy atom. The van der Waals surface area contributed by atoms with E-state index >= 15 is 0 Å². The molecule has 25 rings (SSSR count). The third kappa shape index (κ3) is 16.5. The van der Waals surface area contributed by atoms with Crippen molar-refractivity contribution in [3.05, 3.63) is 329 Å². The summed E-state index contributed by atoms with van der Waals surface area (Å²) in [6, 6.07) is 73.7. The van der Waals surface area contributed by atoms with Gasteiger partial charge in [0.2, 0.25) is 0 Å². The number of phenolic OH excluding ortho intramolecular Hbond substituents is 2. The number of ether oxygens (including phenoxy) is 3. The molecule has 17 heterocycles. The number of aromatic amines is 1. The number of nitrogen functional groups attached to an aromatic ring is 5. The summed E-state index contributed by atoms with van der Waals surface area (Å²) in [4.78, 5) is 46.4. The first-order valence-corrected chi connectivity index (χ1v) is 42.9. The SMILES string of the molecule is COc1cc(-c2cc(N)n3ncc(-c4cnc5ccccc5c4)c3n2)ccc1O.COc1ccc(-c2cc(N)n3ncc(-c4cnc5ccccc5c4)c3n2)cc1OC.Cn1cc(-c2cc(N)n3ncc(-c4cnc5ccccc5c4)c3n2)cn1.Nc1cc(-c2ccc(O)c(F)c2)nc2c(-c3cnc4ccccc4c3)cnn12.Nc1cc(-c2cn[nH]c2)nc2c(-c3cnc4ccccc4c3)cnn12. The molecule has 34 nitrogen and oxygen atoms in total. The molecule has 0 saturated heterocycles. The molecule has 0 amide bonds. The summed E-state index contributed by atoms with van der Waals surface area (Å²) in [7, 11) is 6.59. The van der Waals surface area contributed by atoms with Crippen molar-refractivity contribution in [2.45, 2.75) is 0 Å². The van der Waals surface area contributed by atoms with Crippen LogP contribution in [0.5, 0.6) is 28.7 Å². The highest BCUT2D eigenvalue weighted by atomic mass is 19.1. The zero-order valence-electron chi connectivity index (χ0n) is 73.8. The van der Waals surface area contributed by atoms with Crippen LogP contribution < -0.4 is 42.9 Å². The van der Waals surface area contributed by atoms with Gasteiger partial charge >= 0.3 is 0 Å². The van der Waals surface area contributed by atoms with Crippen LogP contribution in [0, 0.1) is 5.82 Å². The van der Waals surface area contributed by atoms with E-state index in [1.165, 1.54) is 23.8 Å². The van der Waals surface area contributed by atoms with Crippen LogP contribution in [0.15, 0.2) is 323 Å². The lowest BCUT2D eigenvalue weighted by Gasteiger charge is -2.10. The summed E-state index contributed by atoms with van der Waals surface area (Å²) in [5.74, 6) is 2.94. The summed E-state index contributed by atoms with van der Waals surface area (Å²) in [6.07, 6.45) is 25.0. The Morgan fingerprint density at radius 3 is 0.884 bits per heavy atom. The molecule has 0 aliphatic heterocycles. The van der Waals surface area contributed by atoms with E-state index in [0.717, 1.165) is 149 Å². The van der Waals surface area contributed by atoms with Gasteiger partial charge in [0.25, 0.3) is 0 Å². The summed E-state index contributed by atoms with van der Waals surface area (Å²) in [5.41, 5.74) is 55.1. The molecule has 0 radical (unpaired) electrons. The highest BCUT2D eigenvalue weighted by Gasteiger charge is 2.23. The Morgan fingerprint density at radius 2 is 0.580 bits per heavy atom. The number of aromatic hydroxyl groups is 2. The standard InChI is InChI=1S/C23H19N5O2.C22H17N5O2.C21H14FN5O.C19H15N7.C18H13N7/c1-29-20-8-7-15(10-21(20)30-2)19-11-22(24)28-23(27-19)17(13-26-28)16-9-14-5-3-4-6-18(14)25-12-16;1-29-20-9-14(6-7-19(20)28)18-10-21(23)27-22(26-18)16(12-25-27)15-8-13-4-2-3-5-17(13)24-11-15;22-16-8-13(5-6-19(16)28)18-9-20(23)27-21(26-18)15(11-25-27)14-7-12-3-1-2-4-17(12)24-10-14;1-25-11-14(9-22-25)17-7-18(20)26-19(24-17)15(10-23-26)13-6-12-4-2-3-5-16(12)21-8-13;19-17-6-16(13-8-21-22-9-13)24-18-14(10-23-25(17)18)12-5-11-3-1-2-4-15(11)20-7-12/h3-13H,24H2,1-2H3;2-12,28H,23H2,1H3;1-11,28H,23H2;2-11H,20H2,1H3;1-10H,19H2,(H,21,22). The third-order valence-electron chi connectivity index (χ3n) is 23.2. The summed E-state index contributed by atoms with van der Waals surface area (Å²) in [6.45, 7) is 0. The van der Waals surface area contributed by atoms with Crippen LogP contribution in [-0.2, 0) is 7.05 Å². The maximum atomic E-state index is 13.8. The fourth-order valence-corrected chi connectivity index (χ4v) is 16.2. The summed E-state index contributed by atoms with van der Waals surface area (Å²) in [5, 5.41) is 57.4. The van der Waals surface area contributed by atoms with Crippen LogP contribution >= 0.6 is 0 Å². The van der Waals surface area contributed by atoms with Crippen LogP contribution in [0.4, 0.5) is 33.5 Å². The molecule has 672 valence electrons. The Balaban J connectivity index is 0.000000103. The number of aryl methyl sites for hydroxylation is 1. The zero-order chi connectivity index (χ0) is 94.3. The molecule has 0 atom stereocenters. The van der Waals surface area contributed by atoms with Crippen molar-refractivity contribution < 1.29 is 28.8 Å². The molecule has 0 saturated carbocycles. The predicted octanol–water partition coefficient (Wildman–Crippen LogP) is 18.0. The number of halogens is 1. The lowest BCUT2D eigenvalue weighted by atomic mass is 10.1. The number of nitrogens with zero attached hydrogens (tertiary/aromatic N) is 23. The van der Waals surface area contributed by atoms with E-state index in [4.69, 9.17) is 62.8 Å². The van der Waals surface area contributed by atoms with Gasteiger partial charge in [0.05, 0.1) is 121 Å². The maximum Gasteiger partial charge on any atom is 0.165 e. The number of benzene rings is 8. The number of pyridine rings is 5. The Bertz CT molecular complexity index is 9000. The quantitative estimate of drug-likeness (QED) is 0.0531. The zero-order valence-corrected chi connectivity index (χ0v) is 73.8. The summed E-state index contributed by atoms with van der Waals surface area (Å²) < 4.78 is 39.5. The van der Waals surface area contributed by atoms with Gasteiger partial charge in [0, 0.05) is 191 Å². The number of phenols is 2. The van der Waals surface area contributed by atoms with E-state index in [-0.39, 0.29) is 5.75 Å². The number of anilines is 5. The first-order valence-electron chi connectivity index (χ1n) is 42.9. The van der Waals surface area contributed by atoms with Gasteiger partial charge in [-0.25, -0.2) is 29.3 Å². The van der Waals surface area contributed by atoms with Gasteiger partial charge in [-0.3, -0.25) is 34.7 Å². The largest absolute Gasteiger partial charge is 0.505 e. The van der Waals surface area contributed by atoms with E-state index in [1.54, 1.807) is 147 Å². The van der Waals surface area contributed by atoms with Crippen LogP contribution in [0.3, 0.4) is 0 Å². The number of methoxy groups -OCH3 is 3. The molecule has 0 unspecified atom stereocenters. The smallest absolute Gasteiger partial charge is 0.165 e. The maximum absolute atomic E-state index is 13.8. The molecule has 35 heteroatoms.